The maximum Gasteiger partial charge on any atom is 0.226 e. The highest BCUT2D eigenvalue weighted by atomic mass is 16.3. The number of aryl methyl sites for hydroxylation is 1. The Hall–Kier alpha value is -1.36. The van der Waals surface area contributed by atoms with E-state index in [1.165, 1.54) is 0 Å². The second-order valence-electron chi connectivity index (χ2n) is 4.21. The molecule has 0 spiro atoms. The first-order valence-corrected chi connectivity index (χ1v) is 5.58. The van der Waals surface area contributed by atoms with Crippen LogP contribution >= 0.6 is 0 Å². The smallest absolute Gasteiger partial charge is 0.226 e. The Kier molecular flexibility index (Phi) is 3.24. The molecular formula is C11H17N3O2. The average Bonchev–Trinajstić information content (AvgIpc) is 2.75. The van der Waals surface area contributed by atoms with Crippen molar-refractivity contribution in [2.45, 2.75) is 19.4 Å². The molecule has 0 radical (unpaired) electrons. The third-order valence-corrected chi connectivity index (χ3v) is 3.11. The van der Waals surface area contributed by atoms with E-state index in [1.807, 2.05) is 6.20 Å². The van der Waals surface area contributed by atoms with E-state index in [1.54, 1.807) is 18.1 Å². The summed E-state index contributed by atoms with van der Waals surface area (Å²) in [5, 5.41) is 8.80. The van der Waals surface area contributed by atoms with Crippen LogP contribution in [0.1, 0.15) is 12.2 Å². The fraction of sp³-hybridized carbons (Fsp3) is 0.636. The minimum atomic E-state index is 0.0174. The SMILES string of the molecule is CN(CCO)C(=O)C1CCn2ccnc2C1. The fourth-order valence-corrected chi connectivity index (χ4v) is 2.13. The number of aliphatic hydroxyl groups is 1. The standard InChI is InChI=1S/C11H17N3O2/c1-13(6-7-15)11(16)9-2-4-14-5-3-12-10(14)8-9/h3,5,9,15H,2,4,6-8H2,1H3. The number of amides is 1. The zero-order chi connectivity index (χ0) is 11.5. The molecule has 0 bridgehead atoms. The van der Waals surface area contributed by atoms with Gasteiger partial charge in [0.1, 0.15) is 5.82 Å². The second kappa shape index (κ2) is 4.65. The highest BCUT2D eigenvalue weighted by Crippen LogP contribution is 2.20. The second-order valence-corrected chi connectivity index (χ2v) is 4.21. The molecule has 1 amide bonds. The minimum absolute atomic E-state index is 0.0174. The van der Waals surface area contributed by atoms with Crippen LogP contribution in [0.25, 0.3) is 0 Å². The first-order chi connectivity index (χ1) is 7.72. The molecule has 0 saturated heterocycles. The first-order valence-electron chi connectivity index (χ1n) is 5.58. The molecule has 0 aliphatic carbocycles. The zero-order valence-corrected chi connectivity index (χ0v) is 9.46. The molecule has 1 aromatic heterocycles. The Morgan fingerprint density at radius 2 is 2.56 bits per heavy atom. The van der Waals surface area contributed by atoms with Gasteiger partial charge in [-0.1, -0.05) is 0 Å². The Balaban J connectivity index is 2.00. The highest BCUT2D eigenvalue weighted by Gasteiger charge is 2.27. The molecule has 2 rings (SSSR count). The molecule has 5 heteroatoms. The number of aromatic nitrogens is 2. The normalized spacial score (nSPS) is 19.2. The molecule has 0 fully saturated rings. The molecule has 1 aliphatic heterocycles. The lowest BCUT2D eigenvalue weighted by Crippen LogP contribution is -2.38. The van der Waals surface area contributed by atoms with Crippen molar-refractivity contribution in [1.82, 2.24) is 14.5 Å². The minimum Gasteiger partial charge on any atom is -0.395 e. The Morgan fingerprint density at radius 1 is 1.75 bits per heavy atom. The number of aliphatic hydroxyl groups excluding tert-OH is 1. The van der Waals surface area contributed by atoms with E-state index in [0.29, 0.717) is 13.0 Å². The summed E-state index contributed by atoms with van der Waals surface area (Å²) in [5.74, 6) is 1.12. The van der Waals surface area contributed by atoms with E-state index >= 15 is 0 Å². The van der Waals surface area contributed by atoms with Crippen LogP contribution in [0.15, 0.2) is 12.4 Å². The van der Waals surface area contributed by atoms with E-state index in [2.05, 4.69) is 9.55 Å². The van der Waals surface area contributed by atoms with Crippen molar-refractivity contribution in [3.05, 3.63) is 18.2 Å². The van der Waals surface area contributed by atoms with Crippen molar-refractivity contribution >= 4 is 5.91 Å². The molecule has 1 atom stereocenters. The Labute approximate surface area is 94.7 Å². The van der Waals surface area contributed by atoms with Crippen LogP contribution in [0.2, 0.25) is 0 Å². The summed E-state index contributed by atoms with van der Waals surface area (Å²) in [7, 11) is 1.74. The van der Waals surface area contributed by atoms with Crippen molar-refractivity contribution < 1.29 is 9.90 Å². The van der Waals surface area contributed by atoms with Gasteiger partial charge in [0, 0.05) is 44.9 Å². The van der Waals surface area contributed by atoms with E-state index in [-0.39, 0.29) is 18.4 Å². The Bertz CT molecular complexity index is 375. The number of carbonyl (C=O) groups excluding carboxylic acids is 1. The fourth-order valence-electron chi connectivity index (χ4n) is 2.13. The van der Waals surface area contributed by atoms with Crippen LogP contribution in [0.4, 0.5) is 0 Å². The molecule has 16 heavy (non-hydrogen) atoms. The summed E-state index contributed by atoms with van der Waals surface area (Å²) >= 11 is 0. The van der Waals surface area contributed by atoms with E-state index in [9.17, 15) is 4.79 Å². The summed E-state index contributed by atoms with van der Waals surface area (Å²) in [4.78, 5) is 17.8. The summed E-state index contributed by atoms with van der Waals surface area (Å²) in [6, 6.07) is 0. The lowest BCUT2D eigenvalue weighted by atomic mass is 9.96. The average molecular weight is 223 g/mol. The molecule has 1 aromatic rings. The molecule has 5 nitrogen and oxygen atoms in total. The number of likely N-dealkylation sites (N-methyl/N-ethyl adjacent to an activating group) is 1. The van der Waals surface area contributed by atoms with Gasteiger partial charge in [-0.25, -0.2) is 4.98 Å². The molecule has 88 valence electrons. The van der Waals surface area contributed by atoms with Crippen molar-refractivity contribution in [2.24, 2.45) is 5.92 Å². The number of fused-ring (bicyclic) bond motifs is 1. The number of nitrogens with zero attached hydrogens (tertiary/aromatic N) is 3. The van der Waals surface area contributed by atoms with Gasteiger partial charge in [-0.05, 0) is 6.42 Å². The number of rotatable bonds is 3. The van der Waals surface area contributed by atoms with E-state index in [0.717, 1.165) is 18.8 Å². The van der Waals surface area contributed by atoms with E-state index < -0.39 is 0 Å². The molecule has 1 unspecified atom stereocenters. The van der Waals surface area contributed by atoms with Crippen LogP contribution in [-0.2, 0) is 17.8 Å². The number of hydrogen-bond acceptors (Lipinski definition) is 3. The van der Waals surface area contributed by atoms with Gasteiger partial charge in [-0.15, -0.1) is 0 Å². The molecule has 0 aromatic carbocycles. The Morgan fingerprint density at radius 3 is 3.31 bits per heavy atom. The summed E-state index contributed by atoms with van der Waals surface area (Å²) in [6.07, 6.45) is 5.30. The van der Waals surface area contributed by atoms with E-state index in [4.69, 9.17) is 5.11 Å². The maximum atomic E-state index is 12.0. The molecule has 1 aliphatic rings. The number of imidazole rings is 1. The van der Waals surface area contributed by atoms with Crippen LogP contribution in [0.5, 0.6) is 0 Å². The van der Waals surface area contributed by atoms with Gasteiger partial charge in [0.15, 0.2) is 0 Å². The van der Waals surface area contributed by atoms with Crippen molar-refractivity contribution in [1.29, 1.82) is 0 Å². The van der Waals surface area contributed by atoms with Gasteiger partial charge in [-0.3, -0.25) is 4.79 Å². The van der Waals surface area contributed by atoms with Gasteiger partial charge in [0.2, 0.25) is 5.91 Å². The molecule has 0 saturated carbocycles. The zero-order valence-electron chi connectivity index (χ0n) is 9.46. The lowest BCUT2D eigenvalue weighted by molar-refractivity contribution is -0.135. The quantitative estimate of drug-likeness (QED) is 0.778. The monoisotopic (exact) mass is 223 g/mol. The third-order valence-electron chi connectivity index (χ3n) is 3.11. The van der Waals surface area contributed by atoms with Crippen LogP contribution in [-0.4, -0.2) is 45.7 Å². The summed E-state index contributed by atoms with van der Waals surface area (Å²) in [5.41, 5.74) is 0. The number of hydrogen-bond donors (Lipinski definition) is 1. The molecular weight excluding hydrogens is 206 g/mol. The third kappa shape index (κ3) is 2.09. The van der Waals surface area contributed by atoms with Crippen molar-refractivity contribution in [3.8, 4) is 0 Å². The van der Waals surface area contributed by atoms with Gasteiger partial charge in [-0.2, -0.15) is 0 Å². The van der Waals surface area contributed by atoms with Crippen molar-refractivity contribution in [3.63, 3.8) is 0 Å². The highest BCUT2D eigenvalue weighted by molar-refractivity contribution is 5.78. The number of carbonyl (C=O) groups is 1. The predicted octanol–water partition coefficient (Wildman–Crippen LogP) is -0.104. The largest absolute Gasteiger partial charge is 0.395 e. The first kappa shape index (κ1) is 11.1. The van der Waals surface area contributed by atoms with Gasteiger partial charge in [0.05, 0.1) is 6.61 Å². The maximum absolute atomic E-state index is 12.0. The van der Waals surface area contributed by atoms with Crippen molar-refractivity contribution in [2.75, 3.05) is 20.2 Å². The predicted molar refractivity (Wildman–Crippen MR) is 58.8 cm³/mol. The van der Waals surface area contributed by atoms with Gasteiger partial charge in [0.25, 0.3) is 0 Å². The van der Waals surface area contributed by atoms with Crippen LogP contribution in [0.3, 0.4) is 0 Å². The van der Waals surface area contributed by atoms with Gasteiger partial charge < -0.3 is 14.6 Å². The molecule has 2 heterocycles. The summed E-state index contributed by atoms with van der Waals surface area (Å²) < 4.78 is 2.09. The van der Waals surface area contributed by atoms with Crippen LogP contribution < -0.4 is 0 Å². The molecule has 1 N–H and O–H groups in total. The topological polar surface area (TPSA) is 58.4 Å². The summed E-state index contributed by atoms with van der Waals surface area (Å²) in [6.45, 7) is 1.28. The van der Waals surface area contributed by atoms with Crippen LogP contribution in [0, 0.1) is 5.92 Å². The van der Waals surface area contributed by atoms with Gasteiger partial charge >= 0.3 is 0 Å². The lowest BCUT2D eigenvalue weighted by Gasteiger charge is -2.26.